The molecule has 0 N–H and O–H groups in total. The number of benzene rings is 1. The Kier molecular flexibility index (Phi) is 3.23. The van der Waals surface area contributed by atoms with Crippen molar-refractivity contribution in [1.82, 2.24) is 9.91 Å². The predicted octanol–water partition coefficient (Wildman–Crippen LogP) is 1.71. The van der Waals surface area contributed by atoms with Crippen LogP contribution in [0.25, 0.3) is 0 Å². The number of nitrogens with zero attached hydrogens (tertiary/aromatic N) is 3. The molecule has 0 spiro atoms. The Balaban J connectivity index is 2.37. The largest absolute Gasteiger partial charge is 0.338 e. The molecule has 5 nitrogen and oxygen atoms in total. The van der Waals surface area contributed by atoms with E-state index in [0.717, 1.165) is 5.69 Å². The molecule has 0 bridgehead atoms. The zero-order valence-corrected chi connectivity index (χ0v) is 10.8. The summed E-state index contributed by atoms with van der Waals surface area (Å²) in [6.07, 6.45) is 0.356. The van der Waals surface area contributed by atoms with Crippen LogP contribution in [0.3, 0.4) is 0 Å². The van der Waals surface area contributed by atoms with Crippen molar-refractivity contribution in [2.24, 2.45) is 0 Å². The lowest BCUT2D eigenvalue weighted by atomic mass is 10.2. The number of urea groups is 1. The van der Waals surface area contributed by atoms with Crippen molar-refractivity contribution in [3.63, 3.8) is 0 Å². The van der Waals surface area contributed by atoms with E-state index < -0.39 is 0 Å². The molecule has 0 aliphatic carbocycles. The zero-order valence-electron chi connectivity index (χ0n) is 10.8. The lowest BCUT2D eigenvalue weighted by Crippen LogP contribution is -2.50. The van der Waals surface area contributed by atoms with E-state index in [1.165, 1.54) is 14.9 Å². The standard InChI is InChI=1S/C13H17N3O2/c1-10-9-12(17)16(11-7-5-4-6-8-11)15(10)13(18)14(2)3/h4-8,10H,9H2,1-3H3. The molecule has 1 aromatic carbocycles. The Morgan fingerprint density at radius 1 is 1.28 bits per heavy atom. The van der Waals surface area contributed by atoms with Crippen LogP contribution in [0, 0.1) is 0 Å². The number of hydrogen-bond acceptors (Lipinski definition) is 2. The first-order valence-electron chi connectivity index (χ1n) is 5.91. The zero-order chi connectivity index (χ0) is 13.3. The number of amides is 3. The lowest BCUT2D eigenvalue weighted by molar-refractivity contribution is -0.117. The van der Waals surface area contributed by atoms with Gasteiger partial charge in [-0.1, -0.05) is 18.2 Å². The average molecular weight is 247 g/mol. The Bertz CT molecular complexity index is 459. The number of carbonyl (C=O) groups is 2. The molecule has 1 fully saturated rings. The highest BCUT2D eigenvalue weighted by Crippen LogP contribution is 2.27. The summed E-state index contributed by atoms with van der Waals surface area (Å²) < 4.78 is 0. The summed E-state index contributed by atoms with van der Waals surface area (Å²) in [6, 6.07) is 8.93. The Morgan fingerprint density at radius 3 is 2.44 bits per heavy atom. The number of hydrazine groups is 1. The summed E-state index contributed by atoms with van der Waals surface area (Å²) in [6.45, 7) is 1.88. The summed E-state index contributed by atoms with van der Waals surface area (Å²) in [4.78, 5) is 25.7. The molecule has 96 valence electrons. The van der Waals surface area contributed by atoms with Crippen LogP contribution in [0.2, 0.25) is 0 Å². The van der Waals surface area contributed by atoms with Crippen molar-refractivity contribution in [3.8, 4) is 0 Å². The van der Waals surface area contributed by atoms with Crippen molar-refractivity contribution in [3.05, 3.63) is 30.3 Å². The average Bonchev–Trinajstić information content (AvgIpc) is 2.64. The third-order valence-corrected chi connectivity index (χ3v) is 2.92. The van der Waals surface area contributed by atoms with E-state index in [-0.39, 0.29) is 18.0 Å². The smallest absolute Gasteiger partial charge is 0.329 e. The quantitative estimate of drug-likeness (QED) is 0.758. The first-order valence-corrected chi connectivity index (χ1v) is 5.91. The third kappa shape index (κ3) is 2.03. The van der Waals surface area contributed by atoms with E-state index in [2.05, 4.69) is 0 Å². The van der Waals surface area contributed by atoms with Crippen LogP contribution in [-0.2, 0) is 4.79 Å². The van der Waals surface area contributed by atoms with Crippen molar-refractivity contribution in [1.29, 1.82) is 0 Å². The first kappa shape index (κ1) is 12.4. The highest BCUT2D eigenvalue weighted by molar-refractivity contribution is 5.99. The monoisotopic (exact) mass is 247 g/mol. The molecule has 0 aromatic heterocycles. The molecule has 5 heteroatoms. The molecular formula is C13H17N3O2. The number of para-hydroxylation sites is 1. The van der Waals surface area contributed by atoms with Gasteiger partial charge in [-0.15, -0.1) is 0 Å². The van der Waals surface area contributed by atoms with Gasteiger partial charge in [0.25, 0.3) is 0 Å². The van der Waals surface area contributed by atoms with Gasteiger partial charge in [0.05, 0.1) is 18.2 Å². The van der Waals surface area contributed by atoms with Gasteiger partial charge in [0.1, 0.15) is 0 Å². The summed E-state index contributed by atoms with van der Waals surface area (Å²) in [5.41, 5.74) is 0.724. The van der Waals surface area contributed by atoms with Crippen LogP contribution in [0.4, 0.5) is 10.5 Å². The minimum atomic E-state index is -0.183. The fourth-order valence-electron chi connectivity index (χ4n) is 2.06. The fourth-order valence-corrected chi connectivity index (χ4v) is 2.06. The summed E-state index contributed by atoms with van der Waals surface area (Å²) >= 11 is 0. The molecule has 1 unspecified atom stereocenters. The number of rotatable bonds is 1. The SMILES string of the molecule is CC1CC(=O)N(c2ccccc2)N1C(=O)N(C)C. The van der Waals surface area contributed by atoms with Crippen LogP contribution in [0.15, 0.2) is 30.3 Å². The van der Waals surface area contributed by atoms with E-state index in [1.807, 2.05) is 37.3 Å². The van der Waals surface area contributed by atoms with Gasteiger partial charge in [0.2, 0.25) is 5.91 Å². The maximum Gasteiger partial charge on any atom is 0.338 e. The second kappa shape index (κ2) is 4.68. The van der Waals surface area contributed by atoms with Gasteiger partial charge in [-0.2, -0.15) is 0 Å². The van der Waals surface area contributed by atoms with Crippen LogP contribution in [-0.4, -0.2) is 42.0 Å². The van der Waals surface area contributed by atoms with Gasteiger partial charge in [0.15, 0.2) is 0 Å². The normalized spacial score (nSPS) is 19.3. The fraction of sp³-hybridized carbons (Fsp3) is 0.385. The third-order valence-electron chi connectivity index (χ3n) is 2.92. The Hall–Kier alpha value is -2.04. The van der Waals surface area contributed by atoms with Crippen LogP contribution < -0.4 is 5.01 Å². The molecule has 1 saturated heterocycles. The lowest BCUT2D eigenvalue weighted by Gasteiger charge is -2.32. The highest BCUT2D eigenvalue weighted by atomic mass is 16.2. The van der Waals surface area contributed by atoms with Gasteiger partial charge in [-0.05, 0) is 19.1 Å². The number of carbonyl (C=O) groups excluding carboxylic acids is 2. The molecule has 1 aliphatic rings. The molecule has 3 amide bonds. The van der Waals surface area contributed by atoms with Crippen molar-refractivity contribution >= 4 is 17.6 Å². The molecular weight excluding hydrogens is 230 g/mol. The second-order valence-electron chi connectivity index (χ2n) is 4.62. The van der Waals surface area contributed by atoms with E-state index >= 15 is 0 Å². The summed E-state index contributed by atoms with van der Waals surface area (Å²) in [7, 11) is 3.36. The summed E-state index contributed by atoms with van der Waals surface area (Å²) in [5.74, 6) is -0.0519. The van der Waals surface area contributed by atoms with Crippen molar-refractivity contribution in [2.45, 2.75) is 19.4 Å². The maximum absolute atomic E-state index is 12.1. The van der Waals surface area contributed by atoms with Crippen LogP contribution >= 0.6 is 0 Å². The highest BCUT2D eigenvalue weighted by Gasteiger charge is 2.40. The molecule has 1 aromatic rings. The Morgan fingerprint density at radius 2 is 1.89 bits per heavy atom. The molecule has 18 heavy (non-hydrogen) atoms. The molecule has 0 radical (unpaired) electrons. The minimum absolute atomic E-state index is 0.0519. The molecule has 2 rings (SSSR count). The molecule has 1 atom stereocenters. The number of anilines is 1. The van der Waals surface area contributed by atoms with E-state index in [0.29, 0.717) is 6.42 Å². The predicted molar refractivity (Wildman–Crippen MR) is 68.9 cm³/mol. The van der Waals surface area contributed by atoms with Gasteiger partial charge in [-0.3, -0.25) is 4.79 Å². The first-order chi connectivity index (χ1) is 8.52. The van der Waals surface area contributed by atoms with E-state index in [1.54, 1.807) is 14.1 Å². The summed E-state index contributed by atoms with van der Waals surface area (Å²) in [5, 5.41) is 2.98. The van der Waals surface area contributed by atoms with E-state index in [4.69, 9.17) is 0 Å². The molecule has 1 heterocycles. The Labute approximate surface area is 107 Å². The van der Waals surface area contributed by atoms with Crippen LogP contribution in [0.1, 0.15) is 13.3 Å². The van der Waals surface area contributed by atoms with Gasteiger partial charge < -0.3 is 4.90 Å². The topological polar surface area (TPSA) is 43.9 Å². The minimum Gasteiger partial charge on any atom is -0.329 e. The maximum atomic E-state index is 12.1. The molecule has 0 saturated carbocycles. The van der Waals surface area contributed by atoms with Gasteiger partial charge in [0, 0.05) is 14.1 Å². The molecule has 1 aliphatic heterocycles. The number of hydrogen-bond donors (Lipinski definition) is 0. The van der Waals surface area contributed by atoms with Crippen molar-refractivity contribution < 1.29 is 9.59 Å². The van der Waals surface area contributed by atoms with E-state index in [9.17, 15) is 9.59 Å². The van der Waals surface area contributed by atoms with Crippen LogP contribution in [0.5, 0.6) is 0 Å². The van der Waals surface area contributed by atoms with Gasteiger partial charge in [-0.25, -0.2) is 14.8 Å². The van der Waals surface area contributed by atoms with Crippen molar-refractivity contribution in [2.75, 3.05) is 19.1 Å². The second-order valence-corrected chi connectivity index (χ2v) is 4.62. The van der Waals surface area contributed by atoms with Gasteiger partial charge >= 0.3 is 6.03 Å².